The molecular weight excluding hydrogens is 386 g/mol. The quantitative estimate of drug-likeness (QED) is 0.331. The van der Waals surface area contributed by atoms with Crippen LogP contribution in [0, 0.1) is 0 Å². The summed E-state index contributed by atoms with van der Waals surface area (Å²) in [5.41, 5.74) is 6.74. The van der Waals surface area contributed by atoms with Crippen LogP contribution in [0.5, 0.6) is 5.75 Å². The van der Waals surface area contributed by atoms with Gasteiger partial charge in [0.2, 0.25) is 11.7 Å². The van der Waals surface area contributed by atoms with Gasteiger partial charge in [-0.2, -0.15) is 0 Å². The summed E-state index contributed by atoms with van der Waals surface area (Å²) in [4.78, 5) is 51.8. The predicted octanol–water partition coefficient (Wildman–Crippen LogP) is 1.10. The van der Waals surface area contributed by atoms with Crippen molar-refractivity contribution >= 4 is 29.3 Å². The molecule has 1 saturated heterocycles. The molecular formula is C22H23N3O5. The molecule has 8 nitrogen and oxygen atoms in total. The molecule has 0 bridgehead atoms. The minimum absolute atomic E-state index is 0.344. The first-order valence-electron chi connectivity index (χ1n) is 9.57. The third-order valence-corrected chi connectivity index (χ3v) is 4.92. The second-order valence-corrected chi connectivity index (χ2v) is 6.98. The Hall–Kier alpha value is -3.68. The van der Waals surface area contributed by atoms with E-state index in [-0.39, 0.29) is 5.97 Å². The number of esters is 1. The van der Waals surface area contributed by atoms with E-state index in [0.29, 0.717) is 37.5 Å². The molecule has 1 aliphatic heterocycles. The third kappa shape index (κ3) is 4.83. The van der Waals surface area contributed by atoms with E-state index < -0.39 is 23.5 Å². The number of amides is 2. The van der Waals surface area contributed by atoms with Gasteiger partial charge in [-0.3, -0.25) is 19.2 Å². The van der Waals surface area contributed by atoms with Crippen LogP contribution in [-0.4, -0.2) is 54.6 Å². The minimum atomic E-state index is -1.29. The van der Waals surface area contributed by atoms with Crippen molar-refractivity contribution < 1.29 is 23.9 Å². The number of rotatable bonds is 6. The number of piperazine rings is 1. The smallest absolute Gasteiger partial charge is 0.308 e. The van der Waals surface area contributed by atoms with Crippen LogP contribution < -0.4 is 15.4 Å². The lowest BCUT2D eigenvalue weighted by molar-refractivity contribution is -0.147. The molecule has 2 amide bonds. The van der Waals surface area contributed by atoms with Crippen molar-refractivity contribution in [2.24, 2.45) is 5.73 Å². The van der Waals surface area contributed by atoms with Crippen LogP contribution in [0.1, 0.15) is 18.4 Å². The standard InChI is InChI=1S/C22H23N3O5/c1-15(26)30-18-9-7-17(8-10-18)24-11-13-25(14-12-24)22(29)20(27)19(21(23)28)16-5-3-2-4-6-16/h2-10,19H,11-14H2,1H3,(H2,23,28). The first kappa shape index (κ1) is 21.0. The molecule has 0 saturated carbocycles. The van der Waals surface area contributed by atoms with Crippen LogP contribution in [0.25, 0.3) is 0 Å². The van der Waals surface area contributed by atoms with Crippen LogP contribution in [0.3, 0.4) is 0 Å². The summed E-state index contributed by atoms with van der Waals surface area (Å²) >= 11 is 0. The maximum Gasteiger partial charge on any atom is 0.308 e. The number of carbonyl (C=O) groups excluding carboxylic acids is 4. The van der Waals surface area contributed by atoms with Gasteiger partial charge in [-0.05, 0) is 29.8 Å². The summed E-state index contributed by atoms with van der Waals surface area (Å²) in [5, 5.41) is 0. The normalized spacial score (nSPS) is 14.7. The van der Waals surface area contributed by atoms with Gasteiger partial charge in [0.15, 0.2) is 0 Å². The number of carbonyl (C=O) groups is 4. The molecule has 0 aromatic heterocycles. The second kappa shape index (κ2) is 9.21. The first-order chi connectivity index (χ1) is 14.4. The first-order valence-corrected chi connectivity index (χ1v) is 9.57. The Morgan fingerprint density at radius 2 is 1.50 bits per heavy atom. The van der Waals surface area contributed by atoms with Gasteiger partial charge in [0.1, 0.15) is 11.7 Å². The summed E-state index contributed by atoms with van der Waals surface area (Å²) in [6.07, 6.45) is 0. The van der Waals surface area contributed by atoms with E-state index in [1.54, 1.807) is 42.5 Å². The lowest BCUT2D eigenvalue weighted by Crippen LogP contribution is -2.52. The number of ether oxygens (including phenoxy) is 1. The average molecular weight is 409 g/mol. The van der Waals surface area contributed by atoms with Crippen molar-refractivity contribution in [2.45, 2.75) is 12.8 Å². The van der Waals surface area contributed by atoms with Gasteiger partial charge >= 0.3 is 5.97 Å². The topological polar surface area (TPSA) is 110 Å². The molecule has 0 aliphatic carbocycles. The number of ketones is 1. The van der Waals surface area contributed by atoms with Crippen molar-refractivity contribution in [1.82, 2.24) is 4.90 Å². The van der Waals surface area contributed by atoms with Gasteiger partial charge < -0.3 is 20.3 Å². The van der Waals surface area contributed by atoms with Crippen molar-refractivity contribution in [3.8, 4) is 5.75 Å². The number of primary amides is 1. The van der Waals surface area contributed by atoms with Crippen LogP contribution in [0.4, 0.5) is 5.69 Å². The van der Waals surface area contributed by atoms with Gasteiger partial charge in [-0.15, -0.1) is 0 Å². The summed E-state index contributed by atoms with van der Waals surface area (Å²) < 4.78 is 5.02. The number of benzene rings is 2. The maximum absolute atomic E-state index is 12.7. The largest absolute Gasteiger partial charge is 0.427 e. The Bertz CT molecular complexity index is 935. The van der Waals surface area contributed by atoms with Crippen LogP contribution in [-0.2, 0) is 19.2 Å². The highest BCUT2D eigenvalue weighted by Gasteiger charge is 2.35. The van der Waals surface area contributed by atoms with E-state index in [0.717, 1.165) is 5.69 Å². The van der Waals surface area contributed by atoms with Gasteiger partial charge in [0.25, 0.3) is 5.91 Å². The molecule has 156 valence electrons. The Labute approximate surface area is 174 Å². The van der Waals surface area contributed by atoms with E-state index in [1.165, 1.54) is 11.8 Å². The zero-order chi connectivity index (χ0) is 21.7. The lowest BCUT2D eigenvalue weighted by atomic mass is 9.93. The third-order valence-electron chi connectivity index (χ3n) is 4.92. The molecule has 0 spiro atoms. The predicted molar refractivity (Wildman–Crippen MR) is 110 cm³/mol. The highest BCUT2D eigenvalue weighted by Crippen LogP contribution is 2.22. The number of nitrogens with zero attached hydrogens (tertiary/aromatic N) is 2. The van der Waals surface area contributed by atoms with E-state index in [1.807, 2.05) is 12.1 Å². The second-order valence-electron chi connectivity index (χ2n) is 6.98. The molecule has 1 heterocycles. The molecule has 2 aromatic carbocycles. The molecule has 3 rings (SSSR count). The van der Waals surface area contributed by atoms with E-state index in [9.17, 15) is 19.2 Å². The van der Waals surface area contributed by atoms with E-state index in [2.05, 4.69) is 4.90 Å². The Morgan fingerprint density at radius 3 is 2.03 bits per heavy atom. The number of nitrogens with two attached hydrogens (primary N) is 1. The number of hydrogen-bond donors (Lipinski definition) is 1. The summed E-state index contributed by atoms with van der Waals surface area (Å²) in [7, 11) is 0. The Kier molecular flexibility index (Phi) is 6.46. The van der Waals surface area contributed by atoms with Crippen LogP contribution in [0.2, 0.25) is 0 Å². The fourth-order valence-electron chi connectivity index (χ4n) is 3.43. The number of Topliss-reactive ketones (excluding diaryl/α,β-unsaturated/α-hetero) is 1. The van der Waals surface area contributed by atoms with E-state index in [4.69, 9.17) is 10.5 Å². The zero-order valence-electron chi connectivity index (χ0n) is 16.6. The monoisotopic (exact) mass is 409 g/mol. The summed E-state index contributed by atoms with van der Waals surface area (Å²) in [6.45, 7) is 3.08. The minimum Gasteiger partial charge on any atom is -0.427 e. The maximum atomic E-state index is 12.7. The molecule has 0 radical (unpaired) electrons. The van der Waals surface area contributed by atoms with Gasteiger partial charge in [-0.1, -0.05) is 30.3 Å². The summed E-state index contributed by atoms with van der Waals surface area (Å²) in [5.74, 6) is -3.56. The average Bonchev–Trinajstić information content (AvgIpc) is 2.74. The Morgan fingerprint density at radius 1 is 0.900 bits per heavy atom. The molecule has 1 fully saturated rings. The van der Waals surface area contributed by atoms with E-state index >= 15 is 0 Å². The van der Waals surface area contributed by atoms with Gasteiger partial charge in [0.05, 0.1) is 0 Å². The molecule has 1 unspecified atom stereocenters. The highest BCUT2D eigenvalue weighted by atomic mass is 16.5. The molecule has 1 atom stereocenters. The van der Waals surface area contributed by atoms with Crippen LogP contribution in [0.15, 0.2) is 54.6 Å². The molecule has 8 heteroatoms. The van der Waals surface area contributed by atoms with Gasteiger partial charge in [0, 0.05) is 38.8 Å². The van der Waals surface area contributed by atoms with Crippen molar-refractivity contribution in [1.29, 1.82) is 0 Å². The Balaban J connectivity index is 1.62. The number of hydrogen-bond acceptors (Lipinski definition) is 6. The van der Waals surface area contributed by atoms with Crippen molar-refractivity contribution in [3.05, 3.63) is 60.2 Å². The molecule has 30 heavy (non-hydrogen) atoms. The highest BCUT2D eigenvalue weighted by molar-refractivity contribution is 6.42. The van der Waals surface area contributed by atoms with Crippen LogP contribution >= 0.6 is 0 Å². The fourth-order valence-corrected chi connectivity index (χ4v) is 3.43. The SMILES string of the molecule is CC(=O)Oc1ccc(N2CCN(C(=O)C(=O)C(C(N)=O)c3ccccc3)CC2)cc1. The lowest BCUT2D eigenvalue weighted by Gasteiger charge is -2.36. The van der Waals surface area contributed by atoms with Gasteiger partial charge in [-0.25, -0.2) is 0 Å². The molecule has 1 aliphatic rings. The fraction of sp³-hybridized carbons (Fsp3) is 0.273. The summed E-state index contributed by atoms with van der Waals surface area (Å²) in [6, 6.07) is 15.4. The van der Waals surface area contributed by atoms with Crippen molar-refractivity contribution in [2.75, 3.05) is 31.1 Å². The van der Waals surface area contributed by atoms with Crippen molar-refractivity contribution in [3.63, 3.8) is 0 Å². The molecule has 2 N–H and O–H groups in total. The number of anilines is 1. The molecule has 2 aromatic rings. The zero-order valence-corrected chi connectivity index (χ0v) is 16.6.